The molecule has 2 saturated heterocycles. The number of ether oxygens (including phenoxy) is 1. The van der Waals surface area contributed by atoms with Gasteiger partial charge < -0.3 is 4.74 Å². The molecule has 6 rings (SSSR count). The molecule has 3 aromatic carbocycles. The highest BCUT2D eigenvalue weighted by atomic mass is 35.5. The van der Waals surface area contributed by atoms with E-state index < -0.39 is 52.7 Å². The Bertz CT molecular complexity index is 1370. The molecule has 0 bridgehead atoms. The summed E-state index contributed by atoms with van der Waals surface area (Å²) >= 11 is 6.02. The number of hydrogen-bond acceptors (Lipinski definition) is 5. The smallest absolute Gasteiger partial charge is 0.241 e. The van der Waals surface area contributed by atoms with Crippen LogP contribution in [0.25, 0.3) is 0 Å². The molecule has 0 N–H and O–H groups in total. The van der Waals surface area contributed by atoms with E-state index in [1.165, 1.54) is 24.3 Å². The van der Waals surface area contributed by atoms with Crippen molar-refractivity contribution in [3.05, 3.63) is 100 Å². The maximum Gasteiger partial charge on any atom is 0.241 e. The minimum Gasteiger partial charge on any atom is -0.349 e. The standard InChI is InChI=1S/C26H15ClFNO5/c27-14-7-5-13(6-8-14)21-19-20(25(33)29(24(19)32)16-11-9-15(28)10-12-16)26(34-21)22(30)17-3-1-2-4-18(17)23(26)31/h1-12,19-21H/t19-,20-,21+/m1/s1. The summed E-state index contributed by atoms with van der Waals surface area (Å²) < 4.78 is 19.7. The van der Waals surface area contributed by atoms with Crippen LogP contribution in [0.5, 0.6) is 0 Å². The van der Waals surface area contributed by atoms with Crippen LogP contribution in [-0.4, -0.2) is 29.0 Å². The second-order valence-electron chi connectivity index (χ2n) is 8.52. The largest absolute Gasteiger partial charge is 0.349 e. The number of rotatable bonds is 2. The van der Waals surface area contributed by atoms with Gasteiger partial charge in [0.05, 0.1) is 23.6 Å². The number of benzene rings is 3. The first-order chi connectivity index (χ1) is 16.3. The predicted octanol–water partition coefficient (Wildman–Crippen LogP) is 4.17. The van der Waals surface area contributed by atoms with Gasteiger partial charge in [-0.25, -0.2) is 9.29 Å². The summed E-state index contributed by atoms with van der Waals surface area (Å²) in [5.74, 6) is -5.64. The number of anilines is 1. The van der Waals surface area contributed by atoms with E-state index in [0.717, 1.165) is 17.0 Å². The number of ketones is 2. The van der Waals surface area contributed by atoms with Crippen LogP contribution in [-0.2, 0) is 14.3 Å². The van der Waals surface area contributed by atoms with Crippen LogP contribution < -0.4 is 4.90 Å². The lowest BCUT2D eigenvalue weighted by Crippen LogP contribution is -2.51. The molecule has 0 unspecified atom stereocenters. The Morgan fingerprint density at radius 2 is 1.38 bits per heavy atom. The van der Waals surface area contributed by atoms with Gasteiger partial charge in [0.15, 0.2) is 0 Å². The maximum absolute atomic E-state index is 13.7. The Hall–Kier alpha value is -3.68. The normalized spacial score (nSPS) is 24.8. The Kier molecular flexibility index (Phi) is 4.40. The molecule has 0 saturated carbocycles. The van der Waals surface area contributed by atoms with Gasteiger partial charge in [-0.05, 0) is 42.0 Å². The SMILES string of the molecule is O=C1[C@H]2[C@H](c3ccc(Cl)cc3)OC3(C(=O)c4ccccc4C3=O)[C@H]2C(=O)N1c1ccc(F)cc1. The van der Waals surface area contributed by atoms with E-state index >= 15 is 0 Å². The van der Waals surface area contributed by atoms with Gasteiger partial charge in [0.1, 0.15) is 5.82 Å². The lowest BCUT2D eigenvalue weighted by atomic mass is 9.77. The van der Waals surface area contributed by atoms with Crippen LogP contribution >= 0.6 is 11.6 Å². The second kappa shape index (κ2) is 7.16. The van der Waals surface area contributed by atoms with Gasteiger partial charge in [0.25, 0.3) is 0 Å². The number of fused-ring (bicyclic) bond motifs is 3. The third-order valence-electron chi connectivity index (χ3n) is 6.80. The Balaban J connectivity index is 1.54. The van der Waals surface area contributed by atoms with Crippen LogP contribution in [0, 0.1) is 17.7 Å². The van der Waals surface area contributed by atoms with E-state index in [-0.39, 0.29) is 16.8 Å². The first-order valence-corrected chi connectivity index (χ1v) is 11.0. The fourth-order valence-electron chi connectivity index (χ4n) is 5.32. The fraction of sp³-hybridized carbons (Fsp3) is 0.154. The summed E-state index contributed by atoms with van der Waals surface area (Å²) in [6.45, 7) is 0. The molecule has 34 heavy (non-hydrogen) atoms. The number of imide groups is 1. The van der Waals surface area contributed by atoms with Crippen LogP contribution in [0.3, 0.4) is 0 Å². The monoisotopic (exact) mass is 475 g/mol. The minimum absolute atomic E-state index is 0.156. The van der Waals surface area contributed by atoms with Crippen LogP contribution in [0.2, 0.25) is 5.02 Å². The van der Waals surface area contributed by atoms with Crippen molar-refractivity contribution < 1.29 is 28.3 Å². The van der Waals surface area contributed by atoms with Gasteiger partial charge in [0.2, 0.25) is 29.0 Å². The summed E-state index contributed by atoms with van der Waals surface area (Å²) in [7, 11) is 0. The van der Waals surface area contributed by atoms with Crippen molar-refractivity contribution >= 4 is 40.7 Å². The van der Waals surface area contributed by atoms with E-state index in [2.05, 4.69) is 0 Å². The van der Waals surface area contributed by atoms with E-state index in [0.29, 0.717) is 10.6 Å². The zero-order valence-electron chi connectivity index (χ0n) is 17.4. The molecule has 168 valence electrons. The van der Waals surface area contributed by atoms with E-state index in [1.54, 1.807) is 36.4 Å². The van der Waals surface area contributed by atoms with Gasteiger partial charge in [-0.15, -0.1) is 0 Å². The van der Waals surface area contributed by atoms with E-state index in [1.807, 2.05) is 0 Å². The van der Waals surface area contributed by atoms with Crippen molar-refractivity contribution in [3.8, 4) is 0 Å². The Labute approximate surface area is 197 Å². The number of amides is 2. The van der Waals surface area contributed by atoms with Crippen molar-refractivity contribution in [2.45, 2.75) is 11.7 Å². The topological polar surface area (TPSA) is 80.8 Å². The molecule has 3 aliphatic rings. The number of carbonyl (C=O) groups is 4. The molecule has 2 heterocycles. The molecule has 2 fully saturated rings. The molecule has 6 nitrogen and oxygen atoms in total. The maximum atomic E-state index is 13.7. The lowest BCUT2D eigenvalue weighted by Gasteiger charge is -2.27. The number of nitrogens with zero attached hydrogens (tertiary/aromatic N) is 1. The van der Waals surface area contributed by atoms with E-state index in [4.69, 9.17) is 16.3 Å². The van der Waals surface area contributed by atoms with Crippen molar-refractivity contribution in [2.24, 2.45) is 11.8 Å². The van der Waals surface area contributed by atoms with Gasteiger partial charge in [0, 0.05) is 16.1 Å². The summed E-state index contributed by atoms with van der Waals surface area (Å²) in [5.41, 5.74) is -1.17. The number of halogens is 2. The summed E-state index contributed by atoms with van der Waals surface area (Å²) in [6.07, 6.45) is -1.04. The molecule has 1 spiro atoms. The molecule has 8 heteroatoms. The molecule has 0 radical (unpaired) electrons. The van der Waals surface area contributed by atoms with Gasteiger partial charge in [-0.2, -0.15) is 0 Å². The summed E-state index contributed by atoms with van der Waals surface area (Å²) in [5, 5.41) is 0.454. The highest BCUT2D eigenvalue weighted by Gasteiger charge is 2.74. The van der Waals surface area contributed by atoms with Crippen molar-refractivity contribution in [1.29, 1.82) is 0 Å². The van der Waals surface area contributed by atoms with Gasteiger partial charge in [-0.3, -0.25) is 19.2 Å². The fourth-order valence-corrected chi connectivity index (χ4v) is 5.44. The summed E-state index contributed by atoms with van der Waals surface area (Å²) in [6, 6.07) is 17.6. The summed E-state index contributed by atoms with van der Waals surface area (Å²) in [4.78, 5) is 55.6. The van der Waals surface area contributed by atoms with Crippen LogP contribution in [0.1, 0.15) is 32.4 Å². The molecule has 0 aromatic heterocycles. The molecule has 3 aromatic rings. The average Bonchev–Trinajstić information content (AvgIpc) is 3.40. The average molecular weight is 476 g/mol. The third kappa shape index (κ3) is 2.59. The van der Waals surface area contributed by atoms with Crippen LogP contribution in [0.4, 0.5) is 10.1 Å². The Morgan fingerprint density at radius 1 is 0.794 bits per heavy atom. The molecule has 2 amide bonds. The highest BCUT2D eigenvalue weighted by molar-refractivity contribution is 6.37. The first-order valence-electron chi connectivity index (χ1n) is 10.6. The zero-order valence-corrected chi connectivity index (χ0v) is 18.2. The van der Waals surface area contributed by atoms with Crippen LogP contribution in [0.15, 0.2) is 72.8 Å². The number of carbonyl (C=O) groups excluding carboxylic acids is 4. The van der Waals surface area contributed by atoms with E-state index in [9.17, 15) is 23.6 Å². The van der Waals surface area contributed by atoms with Gasteiger partial charge in [-0.1, -0.05) is 48.0 Å². The van der Waals surface area contributed by atoms with Gasteiger partial charge >= 0.3 is 0 Å². The zero-order chi connectivity index (χ0) is 23.8. The molecule has 3 atom stereocenters. The molecule has 1 aliphatic carbocycles. The van der Waals surface area contributed by atoms with Crippen molar-refractivity contribution in [2.75, 3.05) is 4.90 Å². The lowest BCUT2D eigenvalue weighted by molar-refractivity contribution is -0.127. The Morgan fingerprint density at radius 3 is 1.97 bits per heavy atom. The molecular formula is C26H15ClFNO5. The third-order valence-corrected chi connectivity index (χ3v) is 7.05. The molecular weight excluding hydrogens is 461 g/mol. The van der Waals surface area contributed by atoms with Crippen molar-refractivity contribution in [1.82, 2.24) is 0 Å². The first kappa shape index (κ1) is 20.9. The van der Waals surface area contributed by atoms with Crippen molar-refractivity contribution in [3.63, 3.8) is 0 Å². The number of hydrogen-bond donors (Lipinski definition) is 0. The molecule has 2 aliphatic heterocycles. The predicted molar refractivity (Wildman–Crippen MR) is 119 cm³/mol. The highest BCUT2D eigenvalue weighted by Crippen LogP contribution is 2.57. The second-order valence-corrected chi connectivity index (χ2v) is 8.96. The minimum atomic E-state index is -2.15. The number of Topliss-reactive ketones (excluding diaryl/α,β-unsaturated/α-hetero) is 2. The quantitative estimate of drug-likeness (QED) is 0.410.